The number of nitrogens with one attached hydrogen (secondary N) is 2. The third kappa shape index (κ3) is 10.8. The summed E-state index contributed by atoms with van der Waals surface area (Å²) >= 11 is 12.6. The first-order valence-corrected chi connectivity index (χ1v) is 27.2. The Morgan fingerprint density at radius 3 is 1.31 bits per heavy atom. The highest BCUT2D eigenvalue weighted by atomic mass is 35.5. The monoisotopic (exact) mass is 1130 g/mol. The van der Waals surface area contributed by atoms with Crippen molar-refractivity contribution in [1.82, 2.24) is 59.3 Å². The first-order chi connectivity index (χ1) is 38.4. The van der Waals surface area contributed by atoms with Gasteiger partial charge in [-0.1, -0.05) is 109 Å². The number of aromatic amines is 2. The van der Waals surface area contributed by atoms with E-state index in [1.165, 1.54) is 62.6 Å². The van der Waals surface area contributed by atoms with Gasteiger partial charge in [0, 0.05) is 60.1 Å². The van der Waals surface area contributed by atoms with Gasteiger partial charge in [0.1, 0.15) is 23.0 Å². The predicted molar refractivity (Wildman–Crippen MR) is 294 cm³/mol. The minimum absolute atomic E-state index is 0.0649. The molecule has 2 aliphatic carbocycles. The Morgan fingerprint density at radius 1 is 0.575 bits per heavy atom. The molecule has 2 aromatic carbocycles. The van der Waals surface area contributed by atoms with Crippen LogP contribution >= 0.6 is 23.2 Å². The topological polar surface area (TPSA) is 205 Å². The van der Waals surface area contributed by atoms with Crippen molar-refractivity contribution in [1.29, 1.82) is 0 Å². The van der Waals surface area contributed by atoms with Gasteiger partial charge >= 0.3 is 11.5 Å². The lowest BCUT2D eigenvalue weighted by molar-refractivity contribution is 0.208. The molecule has 0 aliphatic heterocycles. The lowest BCUT2D eigenvalue weighted by Crippen LogP contribution is -2.27. The highest BCUT2D eigenvalue weighted by Crippen LogP contribution is 2.44. The normalized spacial score (nSPS) is 19.1. The zero-order chi connectivity index (χ0) is 56.0. The highest BCUT2D eigenvalue weighted by molar-refractivity contribution is 6.31. The third-order valence-corrected chi connectivity index (χ3v) is 15.9. The Bertz CT molecular complexity index is 3760. The molecule has 0 unspecified atom stereocenters. The van der Waals surface area contributed by atoms with E-state index >= 15 is 8.78 Å². The fraction of sp³-hybridized carbons (Fsp3) is 0.345. The number of imidazole rings is 2. The first kappa shape index (κ1) is 54.1. The number of hydrogen-bond donors (Lipinski definition) is 2. The van der Waals surface area contributed by atoms with Crippen molar-refractivity contribution >= 4 is 45.3 Å². The van der Waals surface area contributed by atoms with Crippen molar-refractivity contribution in [3.05, 3.63) is 163 Å². The molecule has 0 radical (unpaired) electrons. The van der Waals surface area contributed by atoms with Crippen molar-refractivity contribution in [2.24, 2.45) is 23.7 Å². The average Bonchev–Trinajstić information content (AvgIpc) is 4.29. The molecule has 0 amide bonds. The summed E-state index contributed by atoms with van der Waals surface area (Å²) in [5, 5.41) is 8.34. The predicted octanol–water partition coefficient (Wildman–Crippen LogP) is 13.4. The Labute approximate surface area is 465 Å². The standard InChI is InChI=1S/2C29H27ClF2N6O2/c2*1-16-7-9-17(10-8-16)15-38-25-22(35-27(38)29(2,32)20-5-3-4-6-21(20)31)12-23(26-36-28(39)40-37-26)34-24(25)18-11-19(30)14-33-13-18/h2*3-6,11-14,16-17H,7-10,15H2,1-2H3,(H,36,37,39)/t2*16?,17?,29-/m10/s1. The molecule has 2 fully saturated rings. The number of aromatic nitrogens is 12. The molecule has 12 rings (SSSR count). The van der Waals surface area contributed by atoms with E-state index in [2.05, 4.69) is 44.1 Å². The fourth-order valence-corrected chi connectivity index (χ4v) is 11.6. The number of alkyl halides is 2. The molecule has 10 aromatic rings. The van der Waals surface area contributed by atoms with E-state index in [-0.39, 0.29) is 57.6 Å². The maximum atomic E-state index is 16.9. The Hall–Kier alpha value is -7.84. The Kier molecular flexibility index (Phi) is 14.9. The summed E-state index contributed by atoms with van der Waals surface area (Å²) in [6.45, 7) is 8.11. The Balaban J connectivity index is 0.000000169. The second-order valence-corrected chi connectivity index (χ2v) is 22.3. The van der Waals surface area contributed by atoms with Crippen LogP contribution in [0.25, 0.3) is 67.6 Å². The smallest absolute Gasteiger partial charge is 0.323 e. The molecular formula is C58H54Cl2F4N12O4. The van der Waals surface area contributed by atoms with E-state index in [1.54, 1.807) is 48.8 Å². The van der Waals surface area contributed by atoms with Crippen molar-refractivity contribution in [3.8, 4) is 45.6 Å². The molecule has 80 heavy (non-hydrogen) atoms. The van der Waals surface area contributed by atoms with Crippen molar-refractivity contribution in [3.63, 3.8) is 0 Å². The van der Waals surface area contributed by atoms with Gasteiger partial charge in [-0.05, 0) is 99.6 Å². The van der Waals surface area contributed by atoms with Crippen LogP contribution in [0.2, 0.25) is 10.0 Å². The van der Waals surface area contributed by atoms with E-state index in [0.29, 0.717) is 79.6 Å². The largest absolute Gasteiger partial charge is 0.439 e. The number of nitrogens with zero attached hydrogens (tertiary/aromatic N) is 10. The van der Waals surface area contributed by atoms with E-state index in [0.717, 1.165) is 51.4 Å². The van der Waals surface area contributed by atoms with Gasteiger partial charge in [0.15, 0.2) is 23.0 Å². The van der Waals surface area contributed by atoms with Crippen LogP contribution in [-0.2, 0) is 24.4 Å². The molecule has 2 aliphatic rings. The number of benzene rings is 2. The zero-order valence-electron chi connectivity index (χ0n) is 44.0. The molecule has 0 saturated heterocycles. The van der Waals surface area contributed by atoms with Gasteiger partial charge < -0.3 is 9.13 Å². The summed E-state index contributed by atoms with van der Waals surface area (Å²) in [6, 6.07) is 18.3. The number of fused-ring (bicyclic) bond motifs is 2. The van der Waals surface area contributed by atoms with Crippen LogP contribution < -0.4 is 11.5 Å². The average molecular weight is 1130 g/mol. The van der Waals surface area contributed by atoms with Crippen LogP contribution in [0.3, 0.4) is 0 Å². The SMILES string of the molecule is CC1CCC(Cn2c([C@@](C)(F)c3ccccc3F)nc3cc(-c4noc(=O)[nH]4)nc(-c4cncc(Cl)c4)c32)CC1.CC1CCC(Cn2c([C@](C)(F)c3ccccc3F)nc3cc(-c4noc(=O)[nH]4)nc(-c4cncc(Cl)c4)c32)CC1. The quantitative estimate of drug-likeness (QED) is 0.110. The minimum atomic E-state index is -2.27. The van der Waals surface area contributed by atoms with Gasteiger partial charge in [0.2, 0.25) is 11.6 Å². The minimum Gasteiger partial charge on any atom is -0.323 e. The van der Waals surface area contributed by atoms with Crippen molar-refractivity contribution in [2.75, 3.05) is 0 Å². The number of rotatable bonds is 12. The number of hydrogen-bond acceptors (Lipinski definition) is 12. The van der Waals surface area contributed by atoms with E-state index in [1.807, 2.05) is 9.13 Å². The van der Waals surface area contributed by atoms with Crippen LogP contribution in [-0.4, -0.2) is 59.3 Å². The van der Waals surface area contributed by atoms with Crippen molar-refractivity contribution in [2.45, 2.75) is 103 Å². The lowest BCUT2D eigenvalue weighted by Gasteiger charge is -2.29. The molecule has 8 aromatic heterocycles. The van der Waals surface area contributed by atoms with Gasteiger partial charge in [-0.15, -0.1) is 0 Å². The molecule has 8 heterocycles. The molecular weight excluding hydrogens is 1080 g/mol. The fourth-order valence-electron chi connectivity index (χ4n) is 11.3. The van der Waals surface area contributed by atoms with Gasteiger partial charge in [0.05, 0.1) is 43.5 Å². The number of H-pyrrole nitrogens is 2. The summed E-state index contributed by atoms with van der Waals surface area (Å²) in [6.07, 6.45) is 14.5. The number of halogens is 6. The van der Waals surface area contributed by atoms with Gasteiger partial charge in [-0.3, -0.25) is 29.0 Å². The van der Waals surface area contributed by atoms with Gasteiger partial charge in [-0.2, -0.15) is 0 Å². The lowest BCUT2D eigenvalue weighted by atomic mass is 9.83. The van der Waals surface area contributed by atoms with Gasteiger partial charge in [-0.25, -0.2) is 47.1 Å². The second-order valence-electron chi connectivity index (χ2n) is 21.4. The maximum Gasteiger partial charge on any atom is 0.439 e. The summed E-state index contributed by atoms with van der Waals surface area (Å²) in [4.78, 5) is 56.0. The highest BCUT2D eigenvalue weighted by Gasteiger charge is 2.40. The van der Waals surface area contributed by atoms with Crippen LogP contribution in [0.5, 0.6) is 0 Å². The molecule has 16 nitrogen and oxygen atoms in total. The van der Waals surface area contributed by atoms with E-state index < -0.39 is 34.5 Å². The molecule has 2 atom stereocenters. The van der Waals surface area contributed by atoms with E-state index in [4.69, 9.17) is 52.2 Å². The third-order valence-electron chi connectivity index (χ3n) is 15.5. The van der Waals surface area contributed by atoms with Crippen LogP contribution in [0.4, 0.5) is 17.6 Å². The van der Waals surface area contributed by atoms with Crippen molar-refractivity contribution < 1.29 is 26.6 Å². The zero-order valence-corrected chi connectivity index (χ0v) is 45.5. The molecule has 0 spiro atoms. The molecule has 412 valence electrons. The second kappa shape index (κ2) is 22.0. The maximum absolute atomic E-state index is 16.9. The van der Waals surface area contributed by atoms with Crippen LogP contribution in [0, 0.1) is 35.3 Å². The molecule has 0 bridgehead atoms. The summed E-state index contributed by atoms with van der Waals surface area (Å²) in [5.41, 5.74) is -0.277. The first-order valence-electron chi connectivity index (χ1n) is 26.5. The summed E-state index contributed by atoms with van der Waals surface area (Å²) < 4.78 is 76.8. The number of pyridine rings is 4. The molecule has 22 heteroatoms. The molecule has 2 saturated carbocycles. The van der Waals surface area contributed by atoms with Crippen LogP contribution in [0.15, 0.2) is 116 Å². The Morgan fingerprint density at radius 2 is 0.963 bits per heavy atom. The van der Waals surface area contributed by atoms with Gasteiger partial charge in [0.25, 0.3) is 0 Å². The van der Waals surface area contributed by atoms with Crippen LogP contribution in [0.1, 0.15) is 102 Å². The summed E-state index contributed by atoms with van der Waals surface area (Å²) in [5.74, 6) is -0.634. The molecule has 2 N–H and O–H groups in total. The summed E-state index contributed by atoms with van der Waals surface area (Å²) in [7, 11) is 0. The van der Waals surface area contributed by atoms with E-state index in [9.17, 15) is 18.4 Å².